The quantitative estimate of drug-likeness (QED) is 0.234. The number of allylic oxidation sites excluding steroid dienone is 1. The van der Waals surface area contributed by atoms with Gasteiger partial charge in [-0.15, -0.1) is 0 Å². The predicted molar refractivity (Wildman–Crippen MR) is 157 cm³/mol. The highest BCUT2D eigenvalue weighted by atomic mass is 32.9. The fraction of sp³-hybridized carbons (Fsp3) is 0.760. The predicted octanol–water partition coefficient (Wildman–Crippen LogP) is 6.01. The minimum absolute atomic E-state index is 0.0247. The van der Waals surface area contributed by atoms with Crippen LogP contribution in [0.4, 0.5) is 5.82 Å². The molecule has 1 saturated carbocycles. The number of nitrogens with zero attached hydrogens (tertiary/aromatic N) is 2. The number of nitrogens with two attached hydrogens (primary N) is 1. The zero-order valence-corrected chi connectivity index (χ0v) is 26.6. The molecule has 208 valence electrons. The molecule has 3 aliphatic rings. The Kier molecular flexibility index (Phi) is 8.33. The van der Waals surface area contributed by atoms with Gasteiger partial charge in [-0.2, -0.15) is 4.98 Å². The lowest BCUT2D eigenvalue weighted by atomic mass is 9.77. The summed E-state index contributed by atoms with van der Waals surface area (Å²) in [5.74, 6) is 0.652. The van der Waals surface area contributed by atoms with Gasteiger partial charge in [0.2, 0.25) is 5.69 Å². The van der Waals surface area contributed by atoms with Crippen molar-refractivity contribution in [1.29, 1.82) is 0 Å². The zero-order chi connectivity index (χ0) is 27.4. The van der Waals surface area contributed by atoms with Gasteiger partial charge in [0.05, 0.1) is 18.8 Å². The van der Waals surface area contributed by atoms with E-state index >= 15 is 0 Å². The normalized spacial score (nSPS) is 36.5. The van der Waals surface area contributed by atoms with Gasteiger partial charge in [0.15, 0.2) is 8.32 Å². The molecule has 37 heavy (non-hydrogen) atoms. The number of fused-ring (bicyclic) bond motifs is 1. The third-order valence-electron chi connectivity index (χ3n) is 8.43. The van der Waals surface area contributed by atoms with Crippen molar-refractivity contribution in [3.05, 3.63) is 34.9 Å². The molecule has 4 rings (SSSR count). The molecule has 0 aromatic carbocycles. The zero-order valence-electron chi connectivity index (χ0n) is 23.1. The summed E-state index contributed by atoms with van der Waals surface area (Å²) in [5, 5.41) is 0.0247. The van der Waals surface area contributed by atoms with Crippen molar-refractivity contribution in [3.8, 4) is 0 Å². The van der Waals surface area contributed by atoms with Gasteiger partial charge >= 0.3 is 5.69 Å². The van der Waals surface area contributed by atoms with Crippen LogP contribution >= 0.6 is 17.1 Å². The van der Waals surface area contributed by atoms with E-state index in [0.717, 1.165) is 19.3 Å². The Morgan fingerprint density at radius 2 is 2.14 bits per heavy atom. The number of aromatic nitrogens is 2. The molecule has 0 spiro atoms. The molecule has 1 aromatic heterocycles. The average Bonchev–Trinajstić information content (AvgIpc) is 3.27. The maximum atomic E-state index is 12.5. The van der Waals surface area contributed by atoms with Gasteiger partial charge in [-0.1, -0.05) is 44.3 Å². The fourth-order valence-electron chi connectivity index (χ4n) is 4.95. The van der Waals surface area contributed by atoms with Crippen molar-refractivity contribution in [3.63, 3.8) is 0 Å². The number of rotatable bonds is 7. The molecule has 0 radical (unpaired) electrons. The summed E-state index contributed by atoms with van der Waals surface area (Å²) >= 11 is 7.70. The Hall–Kier alpha value is -0.523. The second-order valence-corrected chi connectivity index (χ2v) is 23.7. The number of anilines is 1. The van der Waals surface area contributed by atoms with Crippen LogP contribution < -0.4 is 11.4 Å². The molecule has 8 nitrogen and oxygen atoms in total. The van der Waals surface area contributed by atoms with Gasteiger partial charge in [-0.3, -0.25) is 4.57 Å². The summed E-state index contributed by atoms with van der Waals surface area (Å²) in [6.07, 6.45) is 4.15. The first-order chi connectivity index (χ1) is 17.0. The molecule has 2 aliphatic heterocycles. The van der Waals surface area contributed by atoms with Gasteiger partial charge in [0.1, 0.15) is 18.1 Å². The smallest absolute Gasteiger partial charge is 0.351 e. The van der Waals surface area contributed by atoms with Crippen LogP contribution in [0.15, 0.2) is 29.2 Å². The van der Waals surface area contributed by atoms with Crippen molar-refractivity contribution in [2.24, 2.45) is 5.92 Å². The standard InChI is InChI=1S/C25H42N3O5PS2Si/c1-16(2)17-9-11-25(6)20(13-17)32-34(35,36-25)30-15-19-18(33-37(7,8)24(3,4)5)14-22(31-19)28-12-10-21(26)27-23(28)29/h10,12,17-20,22H,1,9,11,13-15H2,2-8H3,(H2,26,27,29)/t17-,18-,19+,20+,22+,25+,34?/m0/s1. The van der Waals surface area contributed by atoms with E-state index < -0.39 is 25.9 Å². The fourth-order valence-corrected chi connectivity index (χ4v) is 13.4. The summed E-state index contributed by atoms with van der Waals surface area (Å²) in [7, 11) is -2.12. The summed E-state index contributed by atoms with van der Waals surface area (Å²) in [6.45, 7) is 19.8. The molecular weight excluding hydrogens is 545 g/mol. The molecule has 0 bridgehead atoms. The van der Waals surface area contributed by atoms with Crippen LogP contribution in [0.5, 0.6) is 0 Å². The summed E-state index contributed by atoms with van der Waals surface area (Å²) in [5.41, 5.74) is 3.89. The highest BCUT2D eigenvalue weighted by Gasteiger charge is 2.54. The third-order valence-corrected chi connectivity index (χ3v) is 18.8. The minimum Gasteiger partial charge on any atom is -0.411 e. The Labute approximate surface area is 231 Å². The van der Waals surface area contributed by atoms with E-state index in [9.17, 15) is 4.79 Å². The molecule has 3 heterocycles. The van der Waals surface area contributed by atoms with E-state index in [2.05, 4.69) is 59.3 Å². The summed E-state index contributed by atoms with van der Waals surface area (Å²) in [4.78, 5) is 16.4. The minimum atomic E-state index is -2.57. The maximum Gasteiger partial charge on any atom is 0.351 e. The molecule has 7 atom stereocenters. The second kappa shape index (κ2) is 10.5. The Bertz CT molecular complexity index is 1140. The number of hydrogen-bond donors (Lipinski definition) is 1. The average molecular weight is 588 g/mol. The highest BCUT2D eigenvalue weighted by Crippen LogP contribution is 2.75. The third kappa shape index (κ3) is 6.29. The van der Waals surface area contributed by atoms with Gasteiger partial charge in [-0.25, -0.2) is 4.79 Å². The van der Waals surface area contributed by atoms with Crippen LogP contribution in [0.2, 0.25) is 18.1 Å². The van der Waals surface area contributed by atoms with Crippen LogP contribution in [-0.4, -0.2) is 47.5 Å². The summed E-state index contributed by atoms with van der Waals surface area (Å²) in [6, 6.07) is 1.60. The molecule has 3 fully saturated rings. The molecule has 1 unspecified atom stereocenters. The Balaban J connectivity index is 1.50. The van der Waals surface area contributed by atoms with E-state index in [1.165, 1.54) is 10.1 Å². The molecule has 2 saturated heterocycles. The van der Waals surface area contributed by atoms with E-state index in [-0.39, 0.29) is 40.5 Å². The van der Waals surface area contributed by atoms with Crippen LogP contribution in [0, 0.1) is 5.92 Å². The van der Waals surface area contributed by atoms with Crippen molar-refractivity contribution in [2.75, 3.05) is 12.3 Å². The van der Waals surface area contributed by atoms with Crippen LogP contribution in [0.25, 0.3) is 0 Å². The van der Waals surface area contributed by atoms with E-state index in [4.69, 9.17) is 35.8 Å². The molecule has 1 aromatic rings. The second-order valence-electron chi connectivity index (χ2n) is 12.4. The largest absolute Gasteiger partial charge is 0.411 e. The van der Waals surface area contributed by atoms with E-state index in [0.29, 0.717) is 12.3 Å². The lowest BCUT2D eigenvalue weighted by Crippen LogP contribution is -2.46. The topological polar surface area (TPSA) is 97.8 Å². The monoisotopic (exact) mass is 587 g/mol. The van der Waals surface area contributed by atoms with Crippen LogP contribution in [-0.2, 0) is 30.0 Å². The van der Waals surface area contributed by atoms with Crippen molar-refractivity contribution in [1.82, 2.24) is 9.55 Å². The number of hydrogen-bond acceptors (Lipinski definition) is 9. The van der Waals surface area contributed by atoms with Crippen molar-refractivity contribution >= 4 is 43.0 Å². The van der Waals surface area contributed by atoms with Crippen molar-refractivity contribution < 1.29 is 18.2 Å². The van der Waals surface area contributed by atoms with Crippen LogP contribution in [0.1, 0.15) is 66.5 Å². The lowest BCUT2D eigenvalue weighted by Gasteiger charge is -2.39. The maximum absolute atomic E-state index is 12.5. The highest BCUT2D eigenvalue weighted by molar-refractivity contribution is 8.68. The number of ether oxygens (including phenoxy) is 1. The molecular formula is C25H42N3O5PS2Si. The SMILES string of the molecule is C=C(C)[C@H]1CC[C@@]2(C)SP(=S)(OC[C@H]3O[C@@H](n4ccc(N)nc4=O)C[C@@H]3O[Si](C)(C)C(C)(C)C)O[C@@H]2C1. The van der Waals surface area contributed by atoms with Gasteiger partial charge in [0.25, 0.3) is 0 Å². The van der Waals surface area contributed by atoms with E-state index in [1.54, 1.807) is 23.6 Å². The van der Waals surface area contributed by atoms with Gasteiger partial charge < -0.3 is 23.9 Å². The van der Waals surface area contributed by atoms with Crippen LogP contribution in [0.3, 0.4) is 0 Å². The molecule has 1 aliphatic carbocycles. The first-order valence-corrected chi connectivity index (χ1v) is 20.0. The first kappa shape index (κ1) is 29.5. The molecule has 0 amide bonds. The van der Waals surface area contributed by atoms with Crippen molar-refractivity contribution in [2.45, 2.75) is 108 Å². The number of nitrogen functional groups attached to an aromatic ring is 1. The van der Waals surface area contributed by atoms with Gasteiger partial charge in [-0.05, 0) is 75.0 Å². The molecule has 2 N–H and O–H groups in total. The molecule has 12 heteroatoms. The first-order valence-electron chi connectivity index (χ1n) is 13.0. The lowest BCUT2D eigenvalue weighted by molar-refractivity contribution is -0.0395. The summed E-state index contributed by atoms with van der Waals surface area (Å²) < 4.78 is 27.5. The Morgan fingerprint density at radius 3 is 2.76 bits per heavy atom. The Morgan fingerprint density at radius 1 is 1.43 bits per heavy atom. The van der Waals surface area contributed by atoms with E-state index in [1.807, 2.05) is 0 Å². The van der Waals surface area contributed by atoms with Gasteiger partial charge in [0, 0.05) is 17.4 Å².